The SMILES string of the molecule is COc1cc(-c2oc3cc(O[C@@H]4OC(CO)[C@H](O)C(O)[C@@H]4O)cc(OC)c3c(=O)c2OC)ccc1O. The Bertz CT molecular complexity index is 1300. The first-order valence-electron chi connectivity index (χ1n) is 10.8. The van der Waals surface area contributed by atoms with Gasteiger partial charge in [-0.25, -0.2) is 0 Å². The zero-order chi connectivity index (χ0) is 26.1. The number of aliphatic hydroxyl groups is 4. The second-order valence-corrected chi connectivity index (χ2v) is 7.99. The van der Waals surface area contributed by atoms with Crippen molar-refractivity contribution < 1.29 is 53.6 Å². The zero-order valence-corrected chi connectivity index (χ0v) is 19.6. The summed E-state index contributed by atoms with van der Waals surface area (Å²) in [5.41, 5.74) is -0.140. The molecule has 0 saturated carbocycles. The van der Waals surface area contributed by atoms with Crippen LogP contribution in [-0.4, -0.2) is 84.2 Å². The molecule has 5 atom stereocenters. The number of hydrogen-bond acceptors (Lipinski definition) is 12. The van der Waals surface area contributed by atoms with Crippen LogP contribution >= 0.6 is 0 Å². The average molecular weight is 506 g/mol. The molecule has 2 heterocycles. The van der Waals surface area contributed by atoms with E-state index in [2.05, 4.69) is 0 Å². The molecule has 5 N–H and O–H groups in total. The van der Waals surface area contributed by atoms with Gasteiger partial charge in [0.1, 0.15) is 46.9 Å². The predicted octanol–water partition coefficient (Wildman–Crippen LogP) is 0.370. The van der Waals surface area contributed by atoms with Gasteiger partial charge in [-0.2, -0.15) is 0 Å². The van der Waals surface area contributed by atoms with E-state index in [-0.39, 0.29) is 45.5 Å². The number of aliphatic hydroxyl groups excluding tert-OH is 4. The fourth-order valence-electron chi connectivity index (χ4n) is 3.97. The minimum Gasteiger partial charge on any atom is -0.504 e. The molecule has 0 radical (unpaired) electrons. The third-order valence-electron chi connectivity index (χ3n) is 5.86. The molecule has 1 saturated heterocycles. The third-order valence-corrected chi connectivity index (χ3v) is 5.86. The molecule has 2 unspecified atom stereocenters. The van der Waals surface area contributed by atoms with Crippen LogP contribution in [0.25, 0.3) is 22.3 Å². The average Bonchev–Trinajstić information content (AvgIpc) is 2.88. The molecule has 0 spiro atoms. The van der Waals surface area contributed by atoms with Crippen molar-refractivity contribution in [1.29, 1.82) is 0 Å². The van der Waals surface area contributed by atoms with Crippen LogP contribution in [0.2, 0.25) is 0 Å². The lowest BCUT2D eigenvalue weighted by molar-refractivity contribution is -0.277. The second kappa shape index (κ2) is 10.2. The van der Waals surface area contributed by atoms with E-state index in [9.17, 15) is 30.3 Å². The van der Waals surface area contributed by atoms with E-state index in [1.807, 2.05) is 0 Å². The molecule has 36 heavy (non-hydrogen) atoms. The molecule has 194 valence electrons. The molecular formula is C24H26O12. The van der Waals surface area contributed by atoms with Gasteiger partial charge >= 0.3 is 0 Å². The van der Waals surface area contributed by atoms with Crippen LogP contribution in [0, 0.1) is 0 Å². The van der Waals surface area contributed by atoms with Crippen LogP contribution in [0.3, 0.4) is 0 Å². The molecule has 12 heteroatoms. The highest BCUT2D eigenvalue weighted by Gasteiger charge is 2.44. The standard InChI is InChI=1S/C24H26O12/c1-31-13-6-10(4-5-12(13)26)22-23(33-3)19(28)17-14(32-2)7-11(8-15(17)35-22)34-24-21(30)20(29)18(27)16(9-25)36-24/h4-8,16,18,20-21,24-27,29-30H,9H2,1-3H3/t16?,18-,20?,21-,24+/m0/s1. The van der Waals surface area contributed by atoms with E-state index < -0.39 is 42.7 Å². The van der Waals surface area contributed by atoms with E-state index in [1.165, 1.54) is 51.7 Å². The van der Waals surface area contributed by atoms with Crippen LogP contribution < -0.4 is 24.4 Å². The van der Waals surface area contributed by atoms with Gasteiger partial charge in [0.15, 0.2) is 17.3 Å². The maximum Gasteiger partial charge on any atom is 0.239 e. The van der Waals surface area contributed by atoms with Gasteiger partial charge in [-0.3, -0.25) is 4.79 Å². The molecule has 1 aromatic heterocycles. The van der Waals surface area contributed by atoms with Gasteiger partial charge in [0.2, 0.25) is 17.5 Å². The number of phenolic OH excluding ortho intramolecular Hbond substituents is 1. The van der Waals surface area contributed by atoms with Crippen LogP contribution in [0.4, 0.5) is 0 Å². The molecule has 0 bridgehead atoms. The fraction of sp³-hybridized carbons (Fsp3) is 0.375. The summed E-state index contributed by atoms with van der Waals surface area (Å²) in [7, 11) is 4.01. The summed E-state index contributed by atoms with van der Waals surface area (Å²) in [6.07, 6.45) is -7.47. The Labute approximate surface area is 204 Å². The van der Waals surface area contributed by atoms with E-state index in [0.717, 1.165) is 0 Å². The summed E-state index contributed by atoms with van der Waals surface area (Å²) < 4.78 is 32.9. The van der Waals surface area contributed by atoms with Crippen molar-refractivity contribution in [3.8, 4) is 40.1 Å². The van der Waals surface area contributed by atoms with Gasteiger partial charge < -0.3 is 53.6 Å². The molecule has 0 amide bonds. The number of aromatic hydroxyl groups is 1. The highest BCUT2D eigenvalue weighted by molar-refractivity contribution is 5.88. The van der Waals surface area contributed by atoms with Crippen molar-refractivity contribution in [2.24, 2.45) is 0 Å². The largest absolute Gasteiger partial charge is 0.504 e. The number of hydrogen-bond donors (Lipinski definition) is 5. The van der Waals surface area contributed by atoms with Gasteiger partial charge in [-0.15, -0.1) is 0 Å². The number of benzene rings is 2. The van der Waals surface area contributed by atoms with Crippen molar-refractivity contribution in [3.63, 3.8) is 0 Å². The van der Waals surface area contributed by atoms with Gasteiger partial charge in [-0.1, -0.05) is 0 Å². The molecule has 1 fully saturated rings. The molecule has 3 aromatic rings. The lowest BCUT2D eigenvalue weighted by Gasteiger charge is -2.39. The van der Waals surface area contributed by atoms with Gasteiger partial charge in [-0.05, 0) is 18.2 Å². The molecular weight excluding hydrogens is 480 g/mol. The van der Waals surface area contributed by atoms with Crippen molar-refractivity contribution in [2.45, 2.75) is 30.7 Å². The Morgan fingerprint density at radius 1 is 0.917 bits per heavy atom. The maximum absolute atomic E-state index is 13.3. The third kappa shape index (κ3) is 4.40. The maximum atomic E-state index is 13.3. The van der Waals surface area contributed by atoms with Crippen LogP contribution in [-0.2, 0) is 4.74 Å². The predicted molar refractivity (Wildman–Crippen MR) is 124 cm³/mol. The lowest BCUT2D eigenvalue weighted by Crippen LogP contribution is -2.60. The number of methoxy groups -OCH3 is 3. The van der Waals surface area contributed by atoms with Gasteiger partial charge in [0, 0.05) is 17.7 Å². The summed E-state index contributed by atoms with van der Waals surface area (Å²) in [6.45, 7) is -0.625. The normalized spacial score (nSPS) is 23.9. The first-order chi connectivity index (χ1) is 17.2. The molecule has 4 rings (SSSR count). The minimum atomic E-state index is -1.65. The van der Waals surface area contributed by atoms with E-state index >= 15 is 0 Å². The zero-order valence-electron chi connectivity index (χ0n) is 19.6. The summed E-state index contributed by atoms with van der Waals surface area (Å²) in [5, 5.41) is 49.7. The highest BCUT2D eigenvalue weighted by Crippen LogP contribution is 2.39. The van der Waals surface area contributed by atoms with Crippen molar-refractivity contribution >= 4 is 11.0 Å². The Morgan fingerprint density at radius 3 is 2.28 bits per heavy atom. The summed E-state index contributed by atoms with van der Waals surface area (Å²) in [5.74, 6) is 0.0616. The smallest absolute Gasteiger partial charge is 0.239 e. The Balaban J connectivity index is 1.83. The van der Waals surface area contributed by atoms with Crippen LogP contribution in [0.1, 0.15) is 0 Å². The van der Waals surface area contributed by atoms with Gasteiger partial charge in [0.05, 0.1) is 27.9 Å². The van der Waals surface area contributed by atoms with E-state index in [4.69, 9.17) is 28.1 Å². The van der Waals surface area contributed by atoms with Crippen molar-refractivity contribution in [1.82, 2.24) is 0 Å². The Kier molecular flexibility index (Phi) is 7.24. The molecule has 12 nitrogen and oxygen atoms in total. The first-order valence-corrected chi connectivity index (χ1v) is 10.8. The summed E-state index contributed by atoms with van der Waals surface area (Å²) >= 11 is 0. The monoisotopic (exact) mass is 506 g/mol. The number of phenols is 1. The molecule has 1 aliphatic heterocycles. The van der Waals surface area contributed by atoms with E-state index in [0.29, 0.717) is 5.56 Å². The Morgan fingerprint density at radius 2 is 1.64 bits per heavy atom. The second-order valence-electron chi connectivity index (χ2n) is 7.99. The lowest BCUT2D eigenvalue weighted by atomic mass is 9.99. The summed E-state index contributed by atoms with van der Waals surface area (Å²) in [4.78, 5) is 13.3. The minimum absolute atomic E-state index is 0.0294. The highest BCUT2D eigenvalue weighted by atomic mass is 16.7. The molecule has 1 aliphatic rings. The van der Waals surface area contributed by atoms with Crippen LogP contribution in [0.5, 0.6) is 28.7 Å². The number of fused-ring (bicyclic) bond motifs is 1. The van der Waals surface area contributed by atoms with Crippen LogP contribution in [0.15, 0.2) is 39.5 Å². The van der Waals surface area contributed by atoms with Gasteiger partial charge in [0.25, 0.3) is 0 Å². The molecule has 2 aromatic carbocycles. The molecule has 0 aliphatic carbocycles. The summed E-state index contributed by atoms with van der Waals surface area (Å²) in [6, 6.07) is 7.05. The number of ether oxygens (including phenoxy) is 5. The number of rotatable bonds is 7. The fourth-order valence-corrected chi connectivity index (χ4v) is 3.97. The Hall–Kier alpha value is -3.55. The van der Waals surface area contributed by atoms with Crippen molar-refractivity contribution in [3.05, 3.63) is 40.6 Å². The first kappa shape index (κ1) is 25.5. The quantitative estimate of drug-likeness (QED) is 0.298. The van der Waals surface area contributed by atoms with E-state index in [1.54, 1.807) is 0 Å². The topological polar surface area (TPSA) is 178 Å². The van der Waals surface area contributed by atoms with Crippen molar-refractivity contribution in [2.75, 3.05) is 27.9 Å².